The Hall–Kier alpha value is -1.68. The van der Waals surface area contributed by atoms with Crippen molar-refractivity contribution >= 4 is 17.6 Å². The van der Waals surface area contributed by atoms with Crippen LogP contribution in [0.3, 0.4) is 0 Å². The van der Waals surface area contributed by atoms with Crippen LogP contribution in [0.5, 0.6) is 5.75 Å². The summed E-state index contributed by atoms with van der Waals surface area (Å²) in [6, 6.07) is 10.0. The standard InChI is InChI=1S/C15H18N2OS/c1-11-3-4-12(2)14(9-11)18-7-8-19-13-5-6-15(16)17-10-13/h3-6,9-10H,7-8H2,1-2H3,(H2,16,17). The van der Waals surface area contributed by atoms with Crippen molar-refractivity contribution in [3.63, 3.8) is 0 Å². The lowest BCUT2D eigenvalue weighted by Gasteiger charge is -2.09. The molecule has 1 aromatic heterocycles. The number of thioether (sulfide) groups is 1. The molecule has 0 atom stereocenters. The van der Waals surface area contributed by atoms with E-state index in [1.165, 1.54) is 11.1 Å². The van der Waals surface area contributed by atoms with Crippen LogP contribution in [0.2, 0.25) is 0 Å². The van der Waals surface area contributed by atoms with E-state index in [0.717, 1.165) is 16.4 Å². The summed E-state index contributed by atoms with van der Waals surface area (Å²) in [6.07, 6.45) is 1.79. The van der Waals surface area contributed by atoms with E-state index < -0.39 is 0 Å². The molecule has 0 saturated heterocycles. The molecule has 0 spiro atoms. The van der Waals surface area contributed by atoms with Gasteiger partial charge < -0.3 is 10.5 Å². The topological polar surface area (TPSA) is 48.1 Å². The van der Waals surface area contributed by atoms with E-state index in [9.17, 15) is 0 Å². The smallest absolute Gasteiger partial charge is 0.123 e. The van der Waals surface area contributed by atoms with Crippen LogP contribution < -0.4 is 10.5 Å². The van der Waals surface area contributed by atoms with Gasteiger partial charge in [-0.25, -0.2) is 4.98 Å². The van der Waals surface area contributed by atoms with Crippen molar-refractivity contribution in [3.8, 4) is 5.75 Å². The van der Waals surface area contributed by atoms with Crippen molar-refractivity contribution in [2.75, 3.05) is 18.1 Å². The zero-order valence-electron chi connectivity index (χ0n) is 11.2. The summed E-state index contributed by atoms with van der Waals surface area (Å²) >= 11 is 1.72. The van der Waals surface area contributed by atoms with Gasteiger partial charge in [0.25, 0.3) is 0 Å². The molecular formula is C15H18N2OS. The molecule has 0 radical (unpaired) electrons. The SMILES string of the molecule is Cc1ccc(C)c(OCCSc2ccc(N)nc2)c1. The van der Waals surface area contributed by atoms with Crippen molar-refractivity contribution in [1.82, 2.24) is 4.98 Å². The third-order valence-electron chi connectivity index (χ3n) is 2.71. The number of anilines is 1. The maximum Gasteiger partial charge on any atom is 0.123 e. The lowest BCUT2D eigenvalue weighted by Crippen LogP contribution is -2.01. The van der Waals surface area contributed by atoms with Gasteiger partial charge in [-0.2, -0.15) is 0 Å². The number of aryl methyl sites for hydroxylation is 2. The van der Waals surface area contributed by atoms with Gasteiger partial charge in [0.05, 0.1) is 6.61 Å². The van der Waals surface area contributed by atoms with E-state index in [1.54, 1.807) is 18.0 Å². The average molecular weight is 274 g/mol. The van der Waals surface area contributed by atoms with Crippen LogP contribution >= 0.6 is 11.8 Å². The molecule has 2 N–H and O–H groups in total. The first-order chi connectivity index (χ1) is 9.15. The fraction of sp³-hybridized carbons (Fsp3) is 0.267. The van der Waals surface area contributed by atoms with Gasteiger partial charge in [0.15, 0.2) is 0 Å². The molecule has 0 fully saturated rings. The summed E-state index contributed by atoms with van der Waals surface area (Å²) in [7, 11) is 0. The fourth-order valence-corrected chi connectivity index (χ4v) is 2.34. The minimum absolute atomic E-state index is 0.552. The molecule has 0 bridgehead atoms. The molecule has 1 aromatic carbocycles. The Morgan fingerprint density at radius 3 is 2.79 bits per heavy atom. The van der Waals surface area contributed by atoms with Crippen molar-refractivity contribution in [3.05, 3.63) is 47.7 Å². The van der Waals surface area contributed by atoms with Gasteiger partial charge >= 0.3 is 0 Å². The number of hydrogen-bond acceptors (Lipinski definition) is 4. The number of nitrogens with two attached hydrogens (primary N) is 1. The van der Waals surface area contributed by atoms with E-state index in [0.29, 0.717) is 12.4 Å². The molecule has 0 aliphatic rings. The molecule has 0 aliphatic carbocycles. The van der Waals surface area contributed by atoms with Gasteiger partial charge in [0.2, 0.25) is 0 Å². The zero-order chi connectivity index (χ0) is 13.7. The molecule has 0 unspecified atom stereocenters. The molecule has 100 valence electrons. The Labute approximate surface area is 118 Å². The number of nitrogen functional groups attached to an aromatic ring is 1. The van der Waals surface area contributed by atoms with Crippen molar-refractivity contribution in [2.24, 2.45) is 0 Å². The first-order valence-corrected chi connectivity index (χ1v) is 7.18. The molecule has 0 aliphatic heterocycles. The first-order valence-electron chi connectivity index (χ1n) is 6.19. The van der Waals surface area contributed by atoms with Crippen LogP contribution in [-0.4, -0.2) is 17.3 Å². The number of nitrogens with zero attached hydrogens (tertiary/aromatic N) is 1. The van der Waals surface area contributed by atoms with E-state index in [2.05, 4.69) is 37.0 Å². The number of pyridine rings is 1. The average Bonchev–Trinajstić information content (AvgIpc) is 2.40. The first kappa shape index (κ1) is 13.7. The lowest BCUT2D eigenvalue weighted by atomic mass is 10.1. The second kappa shape index (κ2) is 6.48. The maximum absolute atomic E-state index is 5.80. The Morgan fingerprint density at radius 2 is 2.05 bits per heavy atom. The van der Waals surface area contributed by atoms with Crippen LogP contribution in [-0.2, 0) is 0 Å². The molecule has 1 heterocycles. The quantitative estimate of drug-likeness (QED) is 0.670. The van der Waals surface area contributed by atoms with E-state index >= 15 is 0 Å². The third-order valence-corrected chi connectivity index (χ3v) is 3.66. The largest absolute Gasteiger partial charge is 0.492 e. The zero-order valence-corrected chi connectivity index (χ0v) is 12.0. The summed E-state index contributed by atoms with van der Waals surface area (Å²) < 4.78 is 5.80. The van der Waals surface area contributed by atoms with Crippen LogP contribution in [0, 0.1) is 13.8 Å². The lowest BCUT2D eigenvalue weighted by molar-refractivity contribution is 0.341. The molecule has 19 heavy (non-hydrogen) atoms. The molecule has 2 rings (SSSR count). The minimum atomic E-state index is 0.552. The van der Waals surface area contributed by atoms with Gasteiger partial charge in [-0.1, -0.05) is 12.1 Å². The molecular weight excluding hydrogens is 256 g/mol. The van der Waals surface area contributed by atoms with Crippen LogP contribution in [0.25, 0.3) is 0 Å². The van der Waals surface area contributed by atoms with Crippen molar-refractivity contribution in [1.29, 1.82) is 0 Å². The van der Waals surface area contributed by atoms with Crippen LogP contribution in [0.15, 0.2) is 41.4 Å². The minimum Gasteiger partial charge on any atom is -0.492 e. The number of aromatic nitrogens is 1. The third kappa shape index (κ3) is 4.17. The highest BCUT2D eigenvalue weighted by molar-refractivity contribution is 7.99. The van der Waals surface area contributed by atoms with Crippen LogP contribution in [0.1, 0.15) is 11.1 Å². The molecule has 2 aromatic rings. The highest BCUT2D eigenvalue weighted by Crippen LogP contribution is 2.21. The molecule has 4 heteroatoms. The molecule has 0 amide bonds. The number of ether oxygens (including phenoxy) is 1. The number of benzene rings is 1. The summed E-state index contributed by atoms with van der Waals surface area (Å²) in [6.45, 7) is 4.81. The molecule has 3 nitrogen and oxygen atoms in total. The maximum atomic E-state index is 5.80. The summed E-state index contributed by atoms with van der Waals surface area (Å²) in [5.41, 5.74) is 7.93. The predicted octanol–water partition coefficient (Wildman–Crippen LogP) is 3.45. The Kier molecular flexibility index (Phi) is 4.68. The molecule has 0 saturated carbocycles. The van der Waals surface area contributed by atoms with Crippen molar-refractivity contribution in [2.45, 2.75) is 18.7 Å². The highest BCUT2D eigenvalue weighted by Gasteiger charge is 2.00. The normalized spacial score (nSPS) is 10.4. The predicted molar refractivity (Wildman–Crippen MR) is 80.8 cm³/mol. The highest BCUT2D eigenvalue weighted by atomic mass is 32.2. The Bertz CT molecular complexity index is 540. The second-order valence-corrected chi connectivity index (χ2v) is 5.55. The van der Waals surface area contributed by atoms with Gasteiger partial charge in [0.1, 0.15) is 11.6 Å². The summed E-state index contributed by atoms with van der Waals surface area (Å²) in [4.78, 5) is 5.17. The fourth-order valence-electron chi connectivity index (χ4n) is 1.65. The van der Waals surface area contributed by atoms with Crippen molar-refractivity contribution < 1.29 is 4.74 Å². The van der Waals surface area contributed by atoms with Gasteiger partial charge in [-0.05, 0) is 43.2 Å². The summed E-state index contributed by atoms with van der Waals surface area (Å²) in [5.74, 6) is 2.41. The Morgan fingerprint density at radius 1 is 1.21 bits per heavy atom. The summed E-state index contributed by atoms with van der Waals surface area (Å²) in [5, 5.41) is 0. The van der Waals surface area contributed by atoms with Crippen LogP contribution in [0.4, 0.5) is 5.82 Å². The van der Waals surface area contributed by atoms with Gasteiger partial charge in [-0.15, -0.1) is 11.8 Å². The Balaban J connectivity index is 1.80. The van der Waals surface area contributed by atoms with E-state index in [-0.39, 0.29) is 0 Å². The van der Waals surface area contributed by atoms with E-state index in [4.69, 9.17) is 10.5 Å². The number of rotatable bonds is 5. The number of hydrogen-bond donors (Lipinski definition) is 1. The van der Waals surface area contributed by atoms with Gasteiger partial charge in [-0.3, -0.25) is 0 Å². The van der Waals surface area contributed by atoms with E-state index in [1.807, 2.05) is 12.1 Å². The monoisotopic (exact) mass is 274 g/mol. The second-order valence-electron chi connectivity index (χ2n) is 4.38. The van der Waals surface area contributed by atoms with Gasteiger partial charge in [0, 0.05) is 16.8 Å².